The second-order valence-corrected chi connectivity index (χ2v) is 5.54. The van der Waals surface area contributed by atoms with Crippen LogP contribution in [-0.4, -0.2) is 24.3 Å². The van der Waals surface area contributed by atoms with Crippen LogP contribution in [0.2, 0.25) is 0 Å². The van der Waals surface area contributed by atoms with Crippen LogP contribution in [0.4, 0.5) is 5.69 Å². The summed E-state index contributed by atoms with van der Waals surface area (Å²) < 4.78 is 0. The van der Waals surface area contributed by atoms with Gasteiger partial charge in [-0.15, -0.1) is 0 Å². The zero-order chi connectivity index (χ0) is 18.2. The Labute approximate surface area is 146 Å². The molecule has 0 aliphatic heterocycles. The summed E-state index contributed by atoms with van der Waals surface area (Å²) in [5, 5.41) is 5.44. The maximum atomic E-state index is 11.8. The number of nitrogens with zero attached hydrogens (tertiary/aromatic N) is 1. The van der Waals surface area contributed by atoms with Gasteiger partial charge in [0.05, 0.1) is 13.1 Å². The highest BCUT2D eigenvalue weighted by Crippen LogP contribution is 2.09. The molecule has 0 heterocycles. The summed E-state index contributed by atoms with van der Waals surface area (Å²) in [5.74, 6) is -0.627. The number of rotatable bonds is 6. The second kappa shape index (κ2) is 8.49. The predicted octanol–water partition coefficient (Wildman–Crippen LogP) is 1.14. The molecule has 0 saturated heterocycles. The second-order valence-electron chi connectivity index (χ2n) is 5.54. The minimum atomic E-state index is -0.587. The lowest BCUT2D eigenvalue weighted by Crippen LogP contribution is -2.33. The van der Waals surface area contributed by atoms with E-state index in [4.69, 9.17) is 11.5 Å². The standard InChI is InChI=1S/C18H21N5O2/c1-12-2-8-15(9-3-12)23-18(20)22-10-13-4-6-14(7-5-13)17(25)21-11-16(19)24/h2-9H,10-11H2,1H3,(H2,19,24)(H,21,25)(H3,20,22,23). The lowest BCUT2D eigenvalue weighted by Gasteiger charge is -2.06. The van der Waals surface area contributed by atoms with E-state index in [1.165, 1.54) is 5.56 Å². The van der Waals surface area contributed by atoms with Gasteiger partial charge in [0.25, 0.3) is 5.91 Å². The molecule has 2 rings (SSSR count). The van der Waals surface area contributed by atoms with Crippen LogP contribution in [0.1, 0.15) is 21.5 Å². The summed E-state index contributed by atoms with van der Waals surface area (Å²) in [6, 6.07) is 14.7. The molecule has 2 amide bonds. The monoisotopic (exact) mass is 339 g/mol. The third-order valence-electron chi connectivity index (χ3n) is 3.40. The minimum Gasteiger partial charge on any atom is -0.370 e. The number of amides is 2. The number of aryl methyl sites for hydroxylation is 1. The molecule has 0 spiro atoms. The van der Waals surface area contributed by atoms with E-state index in [0.29, 0.717) is 18.1 Å². The lowest BCUT2D eigenvalue weighted by molar-refractivity contribution is -0.117. The third-order valence-corrected chi connectivity index (χ3v) is 3.40. The van der Waals surface area contributed by atoms with Crippen molar-refractivity contribution in [3.05, 3.63) is 65.2 Å². The smallest absolute Gasteiger partial charge is 0.251 e. The Bertz CT molecular complexity index is 767. The van der Waals surface area contributed by atoms with Gasteiger partial charge in [-0.05, 0) is 36.8 Å². The van der Waals surface area contributed by atoms with Crippen molar-refractivity contribution in [1.29, 1.82) is 0 Å². The molecule has 25 heavy (non-hydrogen) atoms. The van der Waals surface area contributed by atoms with E-state index < -0.39 is 5.91 Å². The molecule has 0 aliphatic carbocycles. The van der Waals surface area contributed by atoms with Crippen molar-refractivity contribution in [2.24, 2.45) is 16.5 Å². The van der Waals surface area contributed by atoms with E-state index in [9.17, 15) is 9.59 Å². The van der Waals surface area contributed by atoms with Crippen LogP contribution in [0, 0.1) is 6.92 Å². The first-order valence-corrected chi connectivity index (χ1v) is 7.73. The van der Waals surface area contributed by atoms with Crippen LogP contribution in [0.5, 0.6) is 0 Å². The van der Waals surface area contributed by atoms with Crippen LogP contribution < -0.4 is 22.1 Å². The Kier molecular flexibility index (Phi) is 6.11. The zero-order valence-corrected chi connectivity index (χ0v) is 14.0. The summed E-state index contributed by atoms with van der Waals surface area (Å²) in [6.07, 6.45) is 0. The van der Waals surface area contributed by atoms with Crippen molar-refractivity contribution in [2.45, 2.75) is 13.5 Å². The molecule has 0 saturated carbocycles. The van der Waals surface area contributed by atoms with Crippen LogP contribution in [0.25, 0.3) is 0 Å². The van der Waals surface area contributed by atoms with E-state index in [2.05, 4.69) is 15.6 Å². The van der Waals surface area contributed by atoms with Gasteiger partial charge in [0, 0.05) is 11.3 Å². The molecule has 130 valence electrons. The zero-order valence-electron chi connectivity index (χ0n) is 14.0. The van der Waals surface area contributed by atoms with Crippen molar-refractivity contribution < 1.29 is 9.59 Å². The number of hydrogen-bond acceptors (Lipinski definition) is 3. The molecule has 2 aromatic rings. The summed E-state index contributed by atoms with van der Waals surface area (Å²) in [4.78, 5) is 26.7. The fourth-order valence-corrected chi connectivity index (χ4v) is 2.03. The van der Waals surface area contributed by atoms with E-state index in [0.717, 1.165) is 11.3 Å². The Morgan fingerprint density at radius 2 is 1.64 bits per heavy atom. The molecule has 0 unspecified atom stereocenters. The highest BCUT2D eigenvalue weighted by molar-refractivity contribution is 5.96. The quantitative estimate of drug-likeness (QED) is 0.465. The van der Waals surface area contributed by atoms with Gasteiger partial charge in [-0.1, -0.05) is 29.8 Å². The molecule has 6 N–H and O–H groups in total. The van der Waals surface area contributed by atoms with Crippen LogP contribution in [0.15, 0.2) is 53.5 Å². The first kappa shape index (κ1) is 18.0. The minimum absolute atomic E-state index is 0.188. The number of carbonyl (C=O) groups is 2. The van der Waals surface area contributed by atoms with Gasteiger partial charge in [-0.25, -0.2) is 4.99 Å². The Morgan fingerprint density at radius 3 is 2.24 bits per heavy atom. The number of anilines is 1. The largest absolute Gasteiger partial charge is 0.370 e. The fourth-order valence-electron chi connectivity index (χ4n) is 2.03. The van der Waals surface area contributed by atoms with Crippen LogP contribution in [-0.2, 0) is 11.3 Å². The first-order valence-electron chi connectivity index (χ1n) is 7.73. The molecule has 0 atom stereocenters. The van der Waals surface area contributed by atoms with Crippen molar-refractivity contribution >= 4 is 23.5 Å². The third kappa shape index (κ3) is 5.98. The molecule has 0 aromatic heterocycles. The average Bonchev–Trinajstić information content (AvgIpc) is 2.60. The van der Waals surface area contributed by atoms with Crippen molar-refractivity contribution in [1.82, 2.24) is 5.32 Å². The molecule has 0 fully saturated rings. The Hall–Kier alpha value is -3.35. The predicted molar refractivity (Wildman–Crippen MR) is 98.1 cm³/mol. The SMILES string of the molecule is Cc1ccc(NC(N)=NCc2ccc(C(=O)NCC(N)=O)cc2)cc1. The lowest BCUT2D eigenvalue weighted by atomic mass is 10.1. The van der Waals surface area contributed by atoms with Crippen molar-refractivity contribution in [3.8, 4) is 0 Å². The number of aliphatic imine (C=N–C) groups is 1. The number of nitrogens with one attached hydrogen (secondary N) is 2. The first-order chi connectivity index (χ1) is 11.9. The van der Waals surface area contributed by atoms with E-state index in [1.807, 2.05) is 31.2 Å². The molecule has 0 aliphatic rings. The van der Waals surface area contributed by atoms with Crippen LogP contribution in [0.3, 0.4) is 0 Å². The van der Waals surface area contributed by atoms with Gasteiger partial charge >= 0.3 is 0 Å². The maximum Gasteiger partial charge on any atom is 0.251 e. The summed E-state index contributed by atoms with van der Waals surface area (Å²) in [5.41, 5.74) is 14.2. The number of guanidine groups is 1. The molecule has 0 bridgehead atoms. The molecular weight excluding hydrogens is 318 g/mol. The number of carbonyl (C=O) groups excluding carboxylic acids is 2. The fraction of sp³-hybridized carbons (Fsp3) is 0.167. The van der Waals surface area contributed by atoms with Gasteiger partial charge in [-0.3, -0.25) is 9.59 Å². The molecular formula is C18H21N5O2. The van der Waals surface area contributed by atoms with Crippen molar-refractivity contribution in [3.63, 3.8) is 0 Å². The number of nitrogens with two attached hydrogens (primary N) is 2. The summed E-state index contributed by atoms with van der Waals surface area (Å²) in [7, 11) is 0. The van der Waals surface area contributed by atoms with Gasteiger partial charge in [0.2, 0.25) is 5.91 Å². The van der Waals surface area contributed by atoms with E-state index in [1.54, 1.807) is 24.3 Å². The maximum absolute atomic E-state index is 11.8. The highest BCUT2D eigenvalue weighted by atomic mass is 16.2. The summed E-state index contributed by atoms with van der Waals surface area (Å²) >= 11 is 0. The van der Waals surface area contributed by atoms with Gasteiger partial charge < -0.3 is 22.1 Å². The van der Waals surface area contributed by atoms with E-state index in [-0.39, 0.29) is 12.5 Å². The number of benzene rings is 2. The van der Waals surface area contributed by atoms with Crippen molar-refractivity contribution in [2.75, 3.05) is 11.9 Å². The molecule has 0 radical (unpaired) electrons. The van der Waals surface area contributed by atoms with Gasteiger partial charge in [-0.2, -0.15) is 0 Å². The number of primary amides is 1. The Morgan fingerprint density at radius 1 is 1.00 bits per heavy atom. The normalized spacial score (nSPS) is 11.0. The van der Waals surface area contributed by atoms with Gasteiger partial charge in [0.1, 0.15) is 0 Å². The number of hydrogen-bond donors (Lipinski definition) is 4. The average molecular weight is 339 g/mol. The topological polar surface area (TPSA) is 123 Å². The molecule has 2 aromatic carbocycles. The molecule has 7 nitrogen and oxygen atoms in total. The Balaban J connectivity index is 1.90. The molecule has 7 heteroatoms. The van der Waals surface area contributed by atoms with Crippen LogP contribution >= 0.6 is 0 Å². The van der Waals surface area contributed by atoms with E-state index >= 15 is 0 Å². The summed E-state index contributed by atoms with van der Waals surface area (Å²) in [6.45, 7) is 2.21. The van der Waals surface area contributed by atoms with Gasteiger partial charge in [0.15, 0.2) is 5.96 Å². The highest BCUT2D eigenvalue weighted by Gasteiger charge is 2.06.